The van der Waals surface area contributed by atoms with Crippen LogP contribution in [0.5, 0.6) is 0 Å². The number of hydrogen-bond donors (Lipinski definition) is 0. The molecule has 33 heavy (non-hydrogen) atoms. The summed E-state index contributed by atoms with van der Waals surface area (Å²) in [6.45, 7) is 4.01. The second-order valence-corrected chi connectivity index (χ2v) is 12.1. The highest BCUT2D eigenvalue weighted by Gasteiger charge is 2.30. The lowest BCUT2D eigenvalue weighted by Crippen LogP contribution is -2.39. The zero-order chi connectivity index (χ0) is 23.1. The van der Waals surface area contributed by atoms with Gasteiger partial charge >= 0.3 is 0 Å². The molecule has 5 heteroatoms. The maximum absolute atomic E-state index is 13.1. The first-order valence-electron chi connectivity index (χ1n) is 12.8. The molecular formula is C28H40N2O2S. The second kappa shape index (κ2) is 11.6. The van der Waals surface area contributed by atoms with E-state index in [9.17, 15) is 8.42 Å². The summed E-state index contributed by atoms with van der Waals surface area (Å²) >= 11 is 0. The topological polar surface area (TPSA) is 40.6 Å². The van der Waals surface area contributed by atoms with Crippen LogP contribution < -0.4 is 0 Å². The third-order valence-corrected chi connectivity index (χ3v) is 9.77. The Morgan fingerprint density at radius 2 is 1.48 bits per heavy atom. The summed E-state index contributed by atoms with van der Waals surface area (Å²) in [6, 6.07) is 19.8. The summed E-state index contributed by atoms with van der Waals surface area (Å²) in [7, 11) is -1.67. The van der Waals surface area contributed by atoms with Gasteiger partial charge in [-0.1, -0.05) is 80.6 Å². The van der Waals surface area contributed by atoms with E-state index in [0.29, 0.717) is 29.2 Å². The molecule has 0 bridgehead atoms. The van der Waals surface area contributed by atoms with E-state index in [1.54, 1.807) is 35.6 Å². The van der Waals surface area contributed by atoms with Gasteiger partial charge in [0.15, 0.2) is 0 Å². The van der Waals surface area contributed by atoms with Crippen molar-refractivity contribution in [3.05, 3.63) is 66.2 Å². The molecule has 0 aromatic heterocycles. The first kappa shape index (κ1) is 24.4. The molecule has 0 N–H and O–H groups in total. The zero-order valence-electron chi connectivity index (χ0n) is 20.1. The summed E-state index contributed by atoms with van der Waals surface area (Å²) in [5, 5.41) is 0. The van der Waals surface area contributed by atoms with Crippen molar-refractivity contribution in [1.82, 2.24) is 9.21 Å². The normalized spacial score (nSPS) is 20.2. The number of rotatable bonds is 9. The first-order valence-corrected chi connectivity index (χ1v) is 14.3. The Morgan fingerprint density at radius 3 is 2.12 bits per heavy atom. The number of nitrogens with zero attached hydrogens (tertiary/aromatic N) is 2. The van der Waals surface area contributed by atoms with Crippen LogP contribution >= 0.6 is 0 Å². The van der Waals surface area contributed by atoms with Crippen molar-refractivity contribution >= 4 is 10.0 Å². The minimum atomic E-state index is -3.43. The monoisotopic (exact) mass is 468 g/mol. The predicted molar refractivity (Wildman–Crippen MR) is 136 cm³/mol. The van der Waals surface area contributed by atoms with Crippen molar-refractivity contribution in [2.24, 2.45) is 11.8 Å². The lowest BCUT2D eigenvalue weighted by Gasteiger charge is -2.36. The third-order valence-electron chi connectivity index (χ3n) is 7.93. The molecule has 1 saturated heterocycles. The molecule has 1 heterocycles. The summed E-state index contributed by atoms with van der Waals surface area (Å²) in [4.78, 5) is 3.01. The van der Waals surface area contributed by atoms with Crippen LogP contribution in [-0.2, 0) is 10.0 Å². The molecule has 2 aromatic carbocycles. The number of benzene rings is 2. The van der Waals surface area contributed by atoms with Crippen LogP contribution in [0, 0.1) is 11.8 Å². The minimum absolute atomic E-state index is 0.401. The molecule has 180 valence electrons. The van der Waals surface area contributed by atoms with Gasteiger partial charge < -0.3 is 4.90 Å². The second-order valence-electron chi connectivity index (χ2n) is 10.1. The van der Waals surface area contributed by atoms with Gasteiger partial charge in [-0.05, 0) is 74.3 Å². The van der Waals surface area contributed by atoms with Crippen molar-refractivity contribution in [3.8, 4) is 0 Å². The Labute approximate surface area is 201 Å². The van der Waals surface area contributed by atoms with E-state index in [1.165, 1.54) is 50.5 Å². The van der Waals surface area contributed by atoms with E-state index in [0.717, 1.165) is 26.1 Å². The molecule has 2 aliphatic rings. The van der Waals surface area contributed by atoms with Crippen LogP contribution in [0.15, 0.2) is 65.6 Å². The molecule has 2 fully saturated rings. The number of likely N-dealkylation sites (tertiary alicyclic amines) is 1. The van der Waals surface area contributed by atoms with Crippen molar-refractivity contribution in [1.29, 1.82) is 0 Å². The minimum Gasteiger partial charge on any atom is -0.303 e. The molecule has 0 amide bonds. The Morgan fingerprint density at radius 1 is 0.879 bits per heavy atom. The lowest BCUT2D eigenvalue weighted by atomic mass is 9.78. The summed E-state index contributed by atoms with van der Waals surface area (Å²) in [5.74, 6) is 1.76. The fraction of sp³-hybridized carbons (Fsp3) is 0.571. The fourth-order valence-electron chi connectivity index (χ4n) is 5.85. The van der Waals surface area contributed by atoms with Crippen LogP contribution in [0.25, 0.3) is 0 Å². The summed E-state index contributed by atoms with van der Waals surface area (Å²) < 4.78 is 27.9. The van der Waals surface area contributed by atoms with Gasteiger partial charge in [0.1, 0.15) is 0 Å². The van der Waals surface area contributed by atoms with Crippen molar-refractivity contribution < 1.29 is 8.42 Å². The molecular weight excluding hydrogens is 428 g/mol. The Hall–Kier alpha value is -1.69. The molecule has 0 radical (unpaired) electrons. The number of piperidine rings is 1. The molecule has 4 rings (SSSR count). The molecule has 1 aliphatic heterocycles. The highest BCUT2D eigenvalue weighted by Crippen LogP contribution is 2.34. The Balaban J connectivity index is 1.35. The van der Waals surface area contributed by atoms with E-state index < -0.39 is 10.0 Å². The van der Waals surface area contributed by atoms with Gasteiger partial charge in [-0.25, -0.2) is 12.7 Å². The van der Waals surface area contributed by atoms with Gasteiger partial charge in [0.05, 0.1) is 4.90 Å². The standard InChI is InChI=1S/C28H40N2O2S/c1-29(33(31,32)28-15-9-4-10-16-28)23-27(25-13-7-3-8-14-25)19-22-30-20-17-26(18-21-30)24-11-5-2-6-12-24/h2,4-6,9-12,15-16,25-27H,3,7-8,13-14,17-23H2,1H3/t27-/m0/s1. The van der Waals surface area contributed by atoms with Crippen LogP contribution in [-0.4, -0.2) is 50.8 Å². The predicted octanol–water partition coefficient (Wildman–Crippen LogP) is 5.77. The molecule has 0 unspecified atom stereocenters. The number of sulfonamides is 1. The Kier molecular flexibility index (Phi) is 8.61. The lowest BCUT2D eigenvalue weighted by molar-refractivity contribution is 0.158. The van der Waals surface area contributed by atoms with Gasteiger partial charge in [0.25, 0.3) is 0 Å². The fourth-order valence-corrected chi connectivity index (χ4v) is 7.09. The maximum atomic E-state index is 13.1. The van der Waals surface area contributed by atoms with Gasteiger partial charge in [-0.2, -0.15) is 0 Å². The SMILES string of the molecule is CN(C[C@H](CCN1CCC(c2ccccc2)CC1)C1CCCCC1)S(=O)(=O)c1ccccc1. The van der Waals surface area contributed by atoms with E-state index in [2.05, 4.69) is 35.2 Å². The van der Waals surface area contributed by atoms with E-state index in [-0.39, 0.29) is 0 Å². The molecule has 1 saturated carbocycles. The van der Waals surface area contributed by atoms with Crippen molar-refractivity contribution in [2.75, 3.05) is 33.2 Å². The third kappa shape index (κ3) is 6.46. The van der Waals surface area contributed by atoms with Crippen LogP contribution in [0.4, 0.5) is 0 Å². The highest BCUT2D eigenvalue weighted by atomic mass is 32.2. The average Bonchev–Trinajstić information content (AvgIpc) is 2.88. The quantitative estimate of drug-likeness (QED) is 0.469. The summed E-state index contributed by atoms with van der Waals surface area (Å²) in [6.07, 6.45) is 9.95. The van der Waals surface area contributed by atoms with Crippen LogP contribution in [0.2, 0.25) is 0 Å². The zero-order valence-corrected chi connectivity index (χ0v) is 20.9. The molecule has 0 spiro atoms. The van der Waals surface area contributed by atoms with E-state index in [4.69, 9.17) is 0 Å². The van der Waals surface area contributed by atoms with Crippen molar-refractivity contribution in [2.45, 2.75) is 62.2 Å². The maximum Gasteiger partial charge on any atom is 0.242 e. The molecule has 2 aromatic rings. The van der Waals surface area contributed by atoms with Crippen LogP contribution in [0.3, 0.4) is 0 Å². The van der Waals surface area contributed by atoms with Crippen molar-refractivity contribution in [3.63, 3.8) is 0 Å². The summed E-state index contributed by atoms with van der Waals surface area (Å²) in [5.41, 5.74) is 1.48. The molecule has 1 atom stereocenters. The van der Waals surface area contributed by atoms with Gasteiger partial charge in [-0.3, -0.25) is 0 Å². The van der Waals surface area contributed by atoms with Gasteiger partial charge in [0.2, 0.25) is 10.0 Å². The van der Waals surface area contributed by atoms with Gasteiger partial charge in [0, 0.05) is 13.6 Å². The highest BCUT2D eigenvalue weighted by molar-refractivity contribution is 7.89. The van der Waals surface area contributed by atoms with Gasteiger partial charge in [-0.15, -0.1) is 0 Å². The average molecular weight is 469 g/mol. The van der Waals surface area contributed by atoms with Crippen LogP contribution in [0.1, 0.15) is 62.8 Å². The first-order chi connectivity index (χ1) is 16.0. The number of hydrogen-bond acceptors (Lipinski definition) is 3. The largest absolute Gasteiger partial charge is 0.303 e. The van der Waals surface area contributed by atoms with E-state index in [1.807, 2.05) is 6.07 Å². The molecule has 4 nitrogen and oxygen atoms in total. The smallest absolute Gasteiger partial charge is 0.242 e. The molecule has 1 aliphatic carbocycles. The van der Waals surface area contributed by atoms with E-state index >= 15 is 0 Å². The Bertz CT molecular complexity index is 934.